The molecule has 1 aliphatic rings. The molecule has 17 heavy (non-hydrogen) atoms. The minimum Gasteiger partial charge on any atom is -0.368 e. The lowest BCUT2D eigenvalue weighted by Gasteiger charge is -2.25. The van der Waals surface area contributed by atoms with Crippen molar-refractivity contribution in [3.63, 3.8) is 0 Å². The SMILES string of the molecule is N#Cc1ccccc1NC(=O)COC1CCC1. The molecule has 1 saturated carbocycles. The van der Waals surface area contributed by atoms with E-state index in [1.807, 2.05) is 6.07 Å². The van der Waals surface area contributed by atoms with E-state index >= 15 is 0 Å². The maximum absolute atomic E-state index is 11.6. The van der Waals surface area contributed by atoms with Crippen LogP contribution < -0.4 is 5.32 Å². The van der Waals surface area contributed by atoms with E-state index in [9.17, 15) is 4.79 Å². The zero-order chi connectivity index (χ0) is 12.1. The molecule has 0 heterocycles. The van der Waals surface area contributed by atoms with Gasteiger partial charge in [-0.25, -0.2) is 0 Å². The fourth-order valence-electron chi connectivity index (χ4n) is 1.61. The van der Waals surface area contributed by atoms with Crippen molar-refractivity contribution in [1.82, 2.24) is 0 Å². The predicted octanol–water partition coefficient (Wildman–Crippen LogP) is 2.07. The molecule has 4 nitrogen and oxygen atoms in total. The molecule has 1 N–H and O–H groups in total. The van der Waals surface area contributed by atoms with Crippen molar-refractivity contribution in [2.45, 2.75) is 25.4 Å². The molecule has 0 aliphatic heterocycles. The smallest absolute Gasteiger partial charge is 0.250 e. The molecule has 0 aromatic heterocycles. The van der Waals surface area contributed by atoms with Crippen LogP contribution >= 0.6 is 0 Å². The van der Waals surface area contributed by atoms with Gasteiger partial charge >= 0.3 is 0 Å². The topological polar surface area (TPSA) is 62.1 Å². The first kappa shape index (κ1) is 11.6. The predicted molar refractivity (Wildman–Crippen MR) is 63.4 cm³/mol. The molecule has 0 atom stereocenters. The maximum atomic E-state index is 11.6. The highest BCUT2D eigenvalue weighted by molar-refractivity contribution is 5.92. The van der Waals surface area contributed by atoms with E-state index in [4.69, 9.17) is 10.00 Å². The fourth-order valence-corrected chi connectivity index (χ4v) is 1.61. The van der Waals surface area contributed by atoms with Gasteiger partial charge in [-0.2, -0.15) is 5.26 Å². The number of hydrogen-bond donors (Lipinski definition) is 1. The molecular weight excluding hydrogens is 216 g/mol. The van der Waals surface area contributed by atoms with Crippen LogP contribution in [0.1, 0.15) is 24.8 Å². The summed E-state index contributed by atoms with van der Waals surface area (Å²) < 4.78 is 5.39. The van der Waals surface area contributed by atoms with Crippen LogP contribution in [0.4, 0.5) is 5.69 Å². The maximum Gasteiger partial charge on any atom is 0.250 e. The molecule has 88 valence electrons. The number of carbonyl (C=O) groups is 1. The number of rotatable bonds is 4. The lowest BCUT2D eigenvalue weighted by molar-refractivity contribution is -0.124. The van der Waals surface area contributed by atoms with Crippen LogP contribution in [0.5, 0.6) is 0 Å². The summed E-state index contributed by atoms with van der Waals surface area (Å²) in [5.74, 6) is -0.209. The van der Waals surface area contributed by atoms with Crippen molar-refractivity contribution in [2.24, 2.45) is 0 Å². The van der Waals surface area contributed by atoms with E-state index < -0.39 is 0 Å². The summed E-state index contributed by atoms with van der Waals surface area (Å²) in [6.07, 6.45) is 3.51. The molecule has 1 fully saturated rings. The zero-order valence-electron chi connectivity index (χ0n) is 9.48. The van der Waals surface area contributed by atoms with E-state index in [0.717, 1.165) is 12.8 Å². The molecule has 1 aromatic rings. The highest BCUT2D eigenvalue weighted by atomic mass is 16.5. The number of nitrogens with zero attached hydrogens (tertiary/aromatic N) is 1. The van der Waals surface area contributed by atoms with Gasteiger partial charge in [0.1, 0.15) is 12.7 Å². The number of anilines is 1. The number of benzene rings is 1. The largest absolute Gasteiger partial charge is 0.368 e. The Labute approximate surface area is 100 Å². The van der Waals surface area contributed by atoms with Crippen LogP contribution in [0.15, 0.2) is 24.3 Å². The number of para-hydroxylation sites is 1. The van der Waals surface area contributed by atoms with Crippen molar-refractivity contribution >= 4 is 11.6 Å². The van der Waals surface area contributed by atoms with Crippen molar-refractivity contribution in [1.29, 1.82) is 5.26 Å². The molecule has 2 rings (SSSR count). The van der Waals surface area contributed by atoms with Gasteiger partial charge in [-0.1, -0.05) is 12.1 Å². The van der Waals surface area contributed by atoms with Crippen LogP contribution in [0, 0.1) is 11.3 Å². The second kappa shape index (κ2) is 5.46. The number of nitriles is 1. The Morgan fingerprint density at radius 1 is 1.47 bits per heavy atom. The highest BCUT2D eigenvalue weighted by Gasteiger charge is 2.19. The van der Waals surface area contributed by atoms with E-state index in [0.29, 0.717) is 11.3 Å². The standard InChI is InChI=1S/C13H14N2O2/c14-8-10-4-1-2-7-12(10)15-13(16)9-17-11-5-3-6-11/h1-2,4,7,11H,3,5-6,9H2,(H,15,16). The van der Waals surface area contributed by atoms with Gasteiger partial charge in [0.15, 0.2) is 0 Å². The Bertz CT molecular complexity index is 447. The zero-order valence-corrected chi connectivity index (χ0v) is 9.48. The Kier molecular flexibility index (Phi) is 3.73. The first-order chi connectivity index (χ1) is 8.29. The van der Waals surface area contributed by atoms with Gasteiger partial charge in [0, 0.05) is 0 Å². The second-order valence-electron chi connectivity index (χ2n) is 4.07. The summed E-state index contributed by atoms with van der Waals surface area (Å²) in [5.41, 5.74) is 1.00. The first-order valence-electron chi connectivity index (χ1n) is 5.70. The Morgan fingerprint density at radius 3 is 2.88 bits per heavy atom. The van der Waals surface area contributed by atoms with Crippen LogP contribution in [0.25, 0.3) is 0 Å². The van der Waals surface area contributed by atoms with Crippen LogP contribution in [-0.2, 0) is 9.53 Å². The minimum absolute atomic E-state index is 0.0599. The number of hydrogen-bond acceptors (Lipinski definition) is 3. The van der Waals surface area contributed by atoms with Gasteiger partial charge in [-0.05, 0) is 31.4 Å². The van der Waals surface area contributed by atoms with Crippen LogP contribution in [-0.4, -0.2) is 18.6 Å². The van der Waals surface area contributed by atoms with Crippen molar-refractivity contribution in [2.75, 3.05) is 11.9 Å². The number of amides is 1. The first-order valence-corrected chi connectivity index (χ1v) is 5.70. The molecule has 1 amide bonds. The van der Waals surface area contributed by atoms with Gasteiger partial charge in [0.2, 0.25) is 5.91 Å². The number of nitrogens with one attached hydrogen (secondary N) is 1. The average molecular weight is 230 g/mol. The Balaban J connectivity index is 1.86. The van der Waals surface area contributed by atoms with Crippen molar-refractivity contribution in [3.05, 3.63) is 29.8 Å². The number of ether oxygens (including phenoxy) is 1. The molecule has 1 aromatic carbocycles. The summed E-state index contributed by atoms with van der Waals surface area (Å²) in [4.78, 5) is 11.6. The van der Waals surface area contributed by atoms with E-state index in [2.05, 4.69) is 5.32 Å². The summed E-state index contributed by atoms with van der Waals surface area (Å²) in [7, 11) is 0. The van der Waals surface area contributed by atoms with E-state index in [1.54, 1.807) is 24.3 Å². The Morgan fingerprint density at radius 2 is 2.24 bits per heavy atom. The third-order valence-corrected chi connectivity index (χ3v) is 2.82. The summed E-state index contributed by atoms with van der Waals surface area (Å²) in [6, 6.07) is 8.95. The molecule has 0 saturated heterocycles. The molecule has 0 unspecified atom stereocenters. The van der Waals surface area contributed by atoms with Gasteiger partial charge in [-0.3, -0.25) is 4.79 Å². The van der Waals surface area contributed by atoms with Crippen LogP contribution in [0.3, 0.4) is 0 Å². The monoisotopic (exact) mass is 230 g/mol. The quantitative estimate of drug-likeness (QED) is 0.861. The van der Waals surface area contributed by atoms with Gasteiger partial charge in [0.25, 0.3) is 0 Å². The third-order valence-electron chi connectivity index (χ3n) is 2.82. The molecule has 0 bridgehead atoms. The van der Waals surface area contributed by atoms with Gasteiger partial charge in [-0.15, -0.1) is 0 Å². The molecule has 4 heteroatoms. The third kappa shape index (κ3) is 3.05. The second-order valence-corrected chi connectivity index (χ2v) is 4.07. The molecule has 1 aliphatic carbocycles. The number of carbonyl (C=O) groups excluding carboxylic acids is 1. The van der Waals surface area contributed by atoms with Crippen LogP contribution in [0.2, 0.25) is 0 Å². The summed E-state index contributed by atoms with van der Waals surface area (Å²) in [5, 5.41) is 11.5. The highest BCUT2D eigenvalue weighted by Crippen LogP contribution is 2.21. The fraction of sp³-hybridized carbons (Fsp3) is 0.385. The summed E-state index contributed by atoms with van der Waals surface area (Å²) >= 11 is 0. The summed E-state index contributed by atoms with van der Waals surface area (Å²) in [6.45, 7) is 0.0599. The van der Waals surface area contributed by atoms with E-state index in [1.165, 1.54) is 6.42 Å². The lowest BCUT2D eigenvalue weighted by atomic mass is 9.96. The van der Waals surface area contributed by atoms with Gasteiger partial charge in [0.05, 0.1) is 17.4 Å². The van der Waals surface area contributed by atoms with E-state index in [-0.39, 0.29) is 18.6 Å². The normalized spacial score (nSPS) is 14.8. The van der Waals surface area contributed by atoms with Gasteiger partial charge < -0.3 is 10.1 Å². The minimum atomic E-state index is -0.209. The average Bonchev–Trinajstić information content (AvgIpc) is 2.27. The molecule has 0 spiro atoms. The van der Waals surface area contributed by atoms with Crippen molar-refractivity contribution in [3.8, 4) is 6.07 Å². The van der Waals surface area contributed by atoms with Crippen molar-refractivity contribution < 1.29 is 9.53 Å². The molecular formula is C13H14N2O2. The molecule has 0 radical (unpaired) electrons. The Hall–Kier alpha value is -1.86. The lowest BCUT2D eigenvalue weighted by Crippen LogP contribution is -2.27.